The molecule has 3 atom stereocenters. The minimum atomic E-state index is 0.679. The van der Waals surface area contributed by atoms with Gasteiger partial charge in [-0.05, 0) is 37.1 Å². The van der Waals surface area contributed by atoms with Crippen molar-refractivity contribution in [2.75, 3.05) is 26.2 Å². The van der Waals surface area contributed by atoms with Crippen molar-refractivity contribution >= 4 is 0 Å². The summed E-state index contributed by atoms with van der Waals surface area (Å²) >= 11 is 0. The summed E-state index contributed by atoms with van der Waals surface area (Å²) in [5.41, 5.74) is 5.64. The number of rotatable bonds is 3. The lowest BCUT2D eigenvalue weighted by Crippen LogP contribution is -2.30. The molecule has 0 aromatic heterocycles. The molecule has 2 fully saturated rings. The van der Waals surface area contributed by atoms with Crippen LogP contribution < -0.4 is 5.73 Å². The van der Waals surface area contributed by atoms with E-state index in [1.807, 2.05) is 0 Å². The number of fused-ring (bicyclic) bond motifs is 1. The van der Waals surface area contributed by atoms with Gasteiger partial charge in [0.05, 0.1) is 0 Å². The fraction of sp³-hybridized carbons (Fsp3) is 1.00. The maximum Gasteiger partial charge on any atom is 0.00193 e. The standard InChI is InChI=1S/C11H22N2/c1-9(5-12)6-13-7-10-3-2-4-11(10)8-13/h9-11H,2-8,12H2,1H3. The van der Waals surface area contributed by atoms with Crippen LogP contribution in [0, 0.1) is 17.8 Å². The Morgan fingerprint density at radius 3 is 2.46 bits per heavy atom. The molecular weight excluding hydrogens is 160 g/mol. The summed E-state index contributed by atoms with van der Waals surface area (Å²) in [6.07, 6.45) is 4.45. The van der Waals surface area contributed by atoms with Gasteiger partial charge in [-0.2, -0.15) is 0 Å². The third-order valence-electron chi connectivity index (χ3n) is 3.77. The largest absolute Gasteiger partial charge is 0.330 e. The zero-order chi connectivity index (χ0) is 9.26. The molecule has 2 rings (SSSR count). The van der Waals surface area contributed by atoms with Gasteiger partial charge in [-0.1, -0.05) is 13.3 Å². The van der Waals surface area contributed by atoms with Crippen molar-refractivity contribution in [2.24, 2.45) is 23.5 Å². The van der Waals surface area contributed by atoms with Crippen LogP contribution in [0.1, 0.15) is 26.2 Å². The highest BCUT2D eigenvalue weighted by atomic mass is 15.2. The SMILES string of the molecule is CC(CN)CN1CC2CCCC2C1. The molecule has 1 heterocycles. The van der Waals surface area contributed by atoms with Gasteiger partial charge >= 0.3 is 0 Å². The second-order valence-electron chi connectivity index (χ2n) is 5.01. The molecule has 0 radical (unpaired) electrons. The van der Waals surface area contributed by atoms with Crippen LogP contribution in [0.4, 0.5) is 0 Å². The predicted molar refractivity (Wildman–Crippen MR) is 55.5 cm³/mol. The molecule has 1 aliphatic carbocycles. The molecule has 1 saturated carbocycles. The first-order valence-electron chi connectivity index (χ1n) is 5.72. The van der Waals surface area contributed by atoms with E-state index in [4.69, 9.17) is 5.73 Å². The van der Waals surface area contributed by atoms with Gasteiger partial charge in [0.15, 0.2) is 0 Å². The Hall–Kier alpha value is -0.0800. The van der Waals surface area contributed by atoms with E-state index in [1.54, 1.807) is 0 Å². The molecule has 76 valence electrons. The lowest BCUT2D eigenvalue weighted by atomic mass is 10.0. The molecule has 2 nitrogen and oxygen atoms in total. The molecule has 0 spiro atoms. The first-order chi connectivity index (χ1) is 6.29. The summed E-state index contributed by atoms with van der Waals surface area (Å²) in [7, 11) is 0. The minimum Gasteiger partial charge on any atom is -0.330 e. The highest BCUT2D eigenvalue weighted by Crippen LogP contribution is 2.37. The lowest BCUT2D eigenvalue weighted by molar-refractivity contribution is 0.271. The summed E-state index contributed by atoms with van der Waals surface area (Å²) in [5.74, 6) is 2.74. The van der Waals surface area contributed by atoms with Gasteiger partial charge in [-0.25, -0.2) is 0 Å². The Kier molecular flexibility index (Phi) is 2.89. The number of hydrogen-bond donors (Lipinski definition) is 1. The smallest absolute Gasteiger partial charge is 0.00193 e. The van der Waals surface area contributed by atoms with Crippen molar-refractivity contribution in [1.29, 1.82) is 0 Å². The quantitative estimate of drug-likeness (QED) is 0.713. The summed E-state index contributed by atoms with van der Waals surface area (Å²) in [6, 6.07) is 0. The average Bonchev–Trinajstić information content (AvgIpc) is 2.63. The van der Waals surface area contributed by atoms with Gasteiger partial charge in [-0.15, -0.1) is 0 Å². The molecule has 2 aliphatic rings. The average molecular weight is 182 g/mol. The van der Waals surface area contributed by atoms with E-state index in [-0.39, 0.29) is 0 Å². The predicted octanol–water partition coefficient (Wildman–Crippen LogP) is 1.31. The second-order valence-corrected chi connectivity index (χ2v) is 5.01. The van der Waals surface area contributed by atoms with Crippen LogP contribution >= 0.6 is 0 Å². The Labute approximate surface area is 81.5 Å². The maximum absolute atomic E-state index is 5.64. The Morgan fingerprint density at radius 2 is 1.92 bits per heavy atom. The van der Waals surface area contributed by atoms with Crippen molar-refractivity contribution in [3.05, 3.63) is 0 Å². The van der Waals surface area contributed by atoms with Crippen molar-refractivity contribution in [3.8, 4) is 0 Å². The summed E-state index contributed by atoms with van der Waals surface area (Å²) in [6.45, 7) is 7.04. The van der Waals surface area contributed by atoms with Crippen molar-refractivity contribution in [3.63, 3.8) is 0 Å². The van der Waals surface area contributed by atoms with E-state index in [0.717, 1.165) is 18.4 Å². The maximum atomic E-state index is 5.64. The molecular formula is C11H22N2. The minimum absolute atomic E-state index is 0.679. The Bertz CT molecular complexity index is 155. The molecule has 2 heteroatoms. The van der Waals surface area contributed by atoms with E-state index in [2.05, 4.69) is 11.8 Å². The van der Waals surface area contributed by atoms with E-state index in [1.165, 1.54) is 38.9 Å². The number of hydrogen-bond acceptors (Lipinski definition) is 2. The van der Waals surface area contributed by atoms with E-state index in [0.29, 0.717) is 5.92 Å². The molecule has 1 saturated heterocycles. The van der Waals surface area contributed by atoms with E-state index >= 15 is 0 Å². The summed E-state index contributed by atoms with van der Waals surface area (Å²) in [5, 5.41) is 0. The molecule has 0 aromatic rings. The second kappa shape index (κ2) is 3.97. The van der Waals surface area contributed by atoms with Gasteiger partial charge in [0, 0.05) is 19.6 Å². The van der Waals surface area contributed by atoms with Gasteiger partial charge in [0.25, 0.3) is 0 Å². The third-order valence-corrected chi connectivity index (χ3v) is 3.77. The highest BCUT2D eigenvalue weighted by Gasteiger charge is 2.35. The third kappa shape index (κ3) is 2.05. The number of likely N-dealkylation sites (tertiary alicyclic amines) is 1. The van der Waals surface area contributed by atoms with Crippen LogP contribution in [0.15, 0.2) is 0 Å². The highest BCUT2D eigenvalue weighted by molar-refractivity contribution is 4.88. The van der Waals surface area contributed by atoms with Crippen LogP contribution in [0.2, 0.25) is 0 Å². The zero-order valence-corrected chi connectivity index (χ0v) is 8.71. The van der Waals surface area contributed by atoms with Gasteiger partial charge in [0.1, 0.15) is 0 Å². The Balaban J connectivity index is 1.78. The van der Waals surface area contributed by atoms with Gasteiger partial charge < -0.3 is 10.6 Å². The van der Waals surface area contributed by atoms with Crippen molar-refractivity contribution < 1.29 is 0 Å². The van der Waals surface area contributed by atoms with Crippen LogP contribution in [0.3, 0.4) is 0 Å². The van der Waals surface area contributed by atoms with Crippen LogP contribution in [-0.2, 0) is 0 Å². The molecule has 0 aromatic carbocycles. The first-order valence-corrected chi connectivity index (χ1v) is 5.72. The summed E-state index contributed by atoms with van der Waals surface area (Å²) < 4.78 is 0. The molecule has 3 unspecified atom stereocenters. The van der Waals surface area contributed by atoms with Crippen LogP contribution in [-0.4, -0.2) is 31.1 Å². The molecule has 2 N–H and O–H groups in total. The molecule has 0 amide bonds. The Morgan fingerprint density at radius 1 is 1.31 bits per heavy atom. The molecule has 13 heavy (non-hydrogen) atoms. The van der Waals surface area contributed by atoms with Gasteiger partial charge in [0.2, 0.25) is 0 Å². The molecule has 0 bridgehead atoms. The summed E-state index contributed by atoms with van der Waals surface area (Å²) in [4.78, 5) is 2.63. The normalized spacial score (nSPS) is 36.5. The number of nitrogens with two attached hydrogens (primary N) is 1. The zero-order valence-electron chi connectivity index (χ0n) is 8.71. The van der Waals surface area contributed by atoms with Gasteiger partial charge in [-0.3, -0.25) is 0 Å². The monoisotopic (exact) mass is 182 g/mol. The number of nitrogens with zero attached hydrogens (tertiary/aromatic N) is 1. The van der Waals surface area contributed by atoms with E-state index in [9.17, 15) is 0 Å². The lowest BCUT2D eigenvalue weighted by Gasteiger charge is -2.20. The van der Waals surface area contributed by atoms with E-state index < -0.39 is 0 Å². The van der Waals surface area contributed by atoms with Crippen molar-refractivity contribution in [2.45, 2.75) is 26.2 Å². The topological polar surface area (TPSA) is 29.3 Å². The van der Waals surface area contributed by atoms with Crippen LogP contribution in [0.25, 0.3) is 0 Å². The fourth-order valence-electron chi connectivity index (χ4n) is 3.00. The molecule has 1 aliphatic heterocycles. The van der Waals surface area contributed by atoms with Crippen LogP contribution in [0.5, 0.6) is 0 Å². The van der Waals surface area contributed by atoms with Crippen molar-refractivity contribution in [1.82, 2.24) is 4.90 Å². The first kappa shape index (κ1) is 9.47. The fourth-order valence-corrected chi connectivity index (χ4v) is 3.00.